The van der Waals surface area contributed by atoms with Crippen molar-refractivity contribution >= 4 is 5.78 Å². The minimum absolute atomic E-state index is 0.181. The second kappa shape index (κ2) is 5.50. The number of Topliss-reactive ketones (excluding diaryl/α,β-unsaturated/α-hetero) is 1. The van der Waals surface area contributed by atoms with Crippen molar-refractivity contribution in [1.82, 2.24) is 0 Å². The molecule has 82 valence electrons. The molecule has 0 radical (unpaired) electrons. The standard InChI is InChI=1S/C12H22O2/c1-4-5-11-8-10(6-7-14-11)12(13)9(2)3/h9-11H,4-8H2,1-3H3. The SMILES string of the molecule is CCCC1CC(C(=O)C(C)C)CCO1. The second-order valence-electron chi connectivity index (χ2n) is 4.56. The zero-order valence-electron chi connectivity index (χ0n) is 9.58. The van der Waals surface area contributed by atoms with Crippen molar-refractivity contribution < 1.29 is 9.53 Å². The van der Waals surface area contributed by atoms with E-state index in [2.05, 4.69) is 6.92 Å². The summed E-state index contributed by atoms with van der Waals surface area (Å²) in [5.41, 5.74) is 0. The number of ketones is 1. The first-order valence-electron chi connectivity index (χ1n) is 5.80. The van der Waals surface area contributed by atoms with Gasteiger partial charge in [-0.1, -0.05) is 27.2 Å². The molecule has 0 aliphatic carbocycles. The molecule has 1 aliphatic heterocycles. The predicted molar refractivity (Wildman–Crippen MR) is 57.2 cm³/mol. The molecule has 0 aromatic heterocycles. The minimum Gasteiger partial charge on any atom is -0.378 e. The first-order valence-corrected chi connectivity index (χ1v) is 5.80. The quantitative estimate of drug-likeness (QED) is 0.694. The Morgan fingerprint density at radius 3 is 2.79 bits per heavy atom. The third-order valence-corrected chi connectivity index (χ3v) is 2.95. The molecule has 0 N–H and O–H groups in total. The lowest BCUT2D eigenvalue weighted by molar-refractivity contribution is -0.131. The molecule has 0 amide bonds. The topological polar surface area (TPSA) is 26.3 Å². The van der Waals surface area contributed by atoms with Gasteiger partial charge in [-0.05, 0) is 19.3 Å². The molecule has 1 rings (SSSR count). The van der Waals surface area contributed by atoms with Gasteiger partial charge in [0, 0.05) is 18.4 Å². The van der Waals surface area contributed by atoms with Gasteiger partial charge in [0.2, 0.25) is 0 Å². The molecule has 0 aromatic carbocycles. The van der Waals surface area contributed by atoms with Crippen LogP contribution in [0.1, 0.15) is 46.5 Å². The summed E-state index contributed by atoms with van der Waals surface area (Å²) in [5.74, 6) is 0.870. The Morgan fingerprint density at radius 1 is 1.50 bits per heavy atom. The molecule has 2 atom stereocenters. The normalized spacial score (nSPS) is 28.0. The zero-order valence-corrected chi connectivity index (χ0v) is 9.58. The van der Waals surface area contributed by atoms with E-state index in [-0.39, 0.29) is 11.8 Å². The van der Waals surface area contributed by atoms with Crippen molar-refractivity contribution in [1.29, 1.82) is 0 Å². The van der Waals surface area contributed by atoms with Gasteiger partial charge in [-0.15, -0.1) is 0 Å². The maximum absolute atomic E-state index is 11.8. The number of hydrogen-bond acceptors (Lipinski definition) is 2. The van der Waals surface area contributed by atoms with Crippen molar-refractivity contribution in [3.8, 4) is 0 Å². The third kappa shape index (κ3) is 3.09. The van der Waals surface area contributed by atoms with Gasteiger partial charge in [0.1, 0.15) is 5.78 Å². The van der Waals surface area contributed by atoms with Crippen LogP contribution < -0.4 is 0 Å². The third-order valence-electron chi connectivity index (χ3n) is 2.95. The summed E-state index contributed by atoms with van der Waals surface area (Å²) < 4.78 is 5.63. The molecule has 0 bridgehead atoms. The van der Waals surface area contributed by atoms with Gasteiger partial charge in [-0.25, -0.2) is 0 Å². The molecule has 1 fully saturated rings. The van der Waals surface area contributed by atoms with Crippen LogP contribution >= 0.6 is 0 Å². The molecular formula is C12H22O2. The van der Waals surface area contributed by atoms with Gasteiger partial charge < -0.3 is 4.74 Å². The van der Waals surface area contributed by atoms with E-state index in [1.165, 1.54) is 0 Å². The van der Waals surface area contributed by atoms with Crippen LogP contribution in [0.2, 0.25) is 0 Å². The average Bonchev–Trinajstić information content (AvgIpc) is 2.17. The van der Waals surface area contributed by atoms with Gasteiger partial charge in [-0.3, -0.25) is 4.79 Å². The molecule has 0 saturated carbocycles. The fraction of sp³-hybridized carbons (Fsp3) is 0.917. The summed E-state index contributed by atoms with van der Waals surface area (Å²) in [7, 11) is 0. The van der Waals surface area contributed by atoms with Crippen molar-refractivity contribution in [3.63, 3.8) is 0 Å². The minimum atomic E-state index is 0.181. The molecular weight excluding hydrogens is 176 g/mol. The zero-order chi connectivity index (χ0) is 10.6. The lowest BCUT2D eigenvalue weighted by Crippen LogP contribution is -2.32. The van der Waals surface area contributed by atoms with Crippen molar-refractivity contribution in [2.24, 2.45) is 11.8 Å². The Labute approximate surface area is 87.0 Å². The Balaban J connectivity index is 2.43. The molecule has 0 spiro atoms. The van der Waals surface area contributed by atoms with E-state index in [4.69, 9.17) is 4.74 Å². The fourth-order valence-electron chi connectivity index (χ4n) is 2.13. The van der Waals surface area contributed by atoms with Gasteiger partial charge in [0.05, 0.1) is 6.10 Å². The fourth-order valence-corrected chi connectivity index (χ4v) is 2.13. The van der Waals surface area contributed by atoms with Crippen LogP contribution in [0.4, 0.5) is 0 Å². The first-order chi connectivity index (χ1) is 6.65. The maximum atomic E-state index is 11.8. The van der Waals surface area contributed by atoms with E-state index < -0.39 is 0 Å². The van der Waals surface area contributed by atoms with Crippen molar-refractivity contribution in [2.45, 2.75) is 52.6 Å². The molecule has 2 heteroatoms. The molecule has 1 aliphatic rings. The molecule has 2 nitrogen and oxygen atoms in total. The van der Waals surface area contributed by atoms with Crippen molar-refractivity contribution in [2.75, 3.05) is 6.61 Å². The summed E-state index contributed by atoms with van der Waals surface area (Å²) >= 11 is 0. The highest BCUT2D eigenvalue weighted by atomic mass is 16.5. The largest absolute Gasteiger partial charge is 0.378 e. The van der Waals surface area contributed by atoms with E-state index in [0.717, 1.165) is 32.3 Å². The van der Waals surface area contributed by atoms with Crippen LogP contribution in [0.3, 0.4) is 0 Å². The smallest absolute Gasteiger partial charge is 0.138 e. The summed E-state index contributed by atoms with van der Waals surface area (Å²) in [6.07, 6.45) is 4.46. The number of hydrogen-bond donors (Lipinski definition) is 0. The maximum Gasteiger partial charge on any atom is 0.138 e. The van der Waals surface area contributed by atoms with E-state index in [1.54, 1.807) is 0 Å². The highest BCUT2D eigenvalue weighted by molar-refractivity contribution is 5.82. The second-order valence-corrected chi connectivity index (χ2v) is 4.56. The van der Waals surface area contributed by atoms with Crippen LogP contribution in [0.25, 0.3) is 0 Å². The Bertz CT molecular complexity index is 185. The molecule has 1 saturated heterocycles. The predicted octanol–water partition coefficient (Wildman–Crippen LogP) is 2.81. The van der Waals surface area contributed by atoms with E-state index in [1.807, 2.05) is 13.8 Å². The van der Waals surface area contributed by atoms with Crippen molar-refractivity contribution in [3.05, 3.63) is 0 Å². The highest BCUT2D eigenvalue weighted by Gasteiger charge is 2.28. The number of ether oxygens (including phenoxy) is 1. The lowest BCUT2D eigenvalue weighted by atomic mass is 9.85. The summed E-state index contributed by atoms with van der Waals surface area (Å²) in [5, 5.41) is 0. The van der Waals surface area contributed by atoms with Crippen LogP contribution in [-0.2, 0) is 9.53 Å². The van der Waals surface area contributed by atoms with Crippen LogP contribution in [0.5, 0.6) is 0 Å². The highest BCUT2D eigenvalue weighted by Crippen LogP contribution is 2.25. The van der Waals surface area contributed by atoms with E-state index in [0.29, 0.717) is 11.9 Å². The molecule has 14 heavy (non-hydrogen) atoms. The van der Waals surface area contributed by atoms with Gasteiger partial charge in [-0.2, -0.15) is 0 Å². The van der Waals surface area contributed by atoms with E-state index in [9.17, 15) is 4.79 Å². The van der Waals surface area contributed by atoms with Gasteiger partial charge >= 0.3 is 0 Å². The number of carbonyl (C=O) groups is 1. The van der Waals surface area contributed by atoms with Gasteiger partial charge in [0.15, 0.2) is 0 Å². The van der Waals surface area contributed by atoms with Crippen LogP contribution in [-0.4, -0.2) is 18.5 Å². The molecule has 2 unspecified atom stereocenters. The average molecular weight is 198 g/mol. The number of rotatable bonds is 4. The summed E-state index contributed by atoms with van der Waals surface area (Å²) in [6.45, 7) is 6.92. The van der Waals surface area contributed by atoms with E-state index >= 15 is 0 Å². The van der Waals surface area contributed by atoms with Gasteiger partial charge in [0.25, 0.3) is 0 Å². The monoisotopic (exact) mass is 198 g/mol. The Hall–Kier alpha value is -0.370. The first kappa shape index (κ1) is 11.7. The summed E-state index contributed by atoms with van der Waals surface area (Å²) in [6, 6.07) is 0. The van der Waals surface area contributed by atoms with Crippen LogP contribution in [0.15, 0.2) is 0 Å². The molecule has 0 aromatic rings. The molecule has 1 heterocycles. The number of carbonyl (C=O) groups excluding carboxylic acids is 1. The Kier molecular flexibility index (Phi) is 4.59. The summed E-state index contributed by atoms with van der Waals surface area (Å²) in [4.78, 5) is 11.8. The lowest BCUT2D eigenvalue weighted by Gasteiger charge is -2.29. The Morgan fingerprint density at radius 2 is 2.21 bits per heavy atom. The van der Waals surface area contributed by atoms with Crippen LogP contribution in [0, 0.1) is 11.8 Å².